The molecule has 0 unspecified atom stereocenters. The van der Waals surface area contributed by atoms with E-state index in [2.05, 4.69) is 15.3 Å². The Morgan fingerprint density at radius 2 is 1.83 bits per heavy atom. The zero-order valence-electron chi connectivity index (χ0n) is 14.3. The number of amides is 1. The zero-order valence-corrected chi connectivity index (χ0v) is 14.3. The minimum Gasteiger partial charge on any atom is -0.444 e. The Kier molecular flexibility index (Phi) is 6.07. The maximum absolute atomic E-state index is 12.1. The summed E-state index contributed by atoms with van der Waals surface area (Å²) in [7, 11) is 0. The molecule has 5 heteroatoms. The van der Waals surface area contributed by atoms with E-state index in [4.69, 9.17) is 4.74 Å². The Morgan fingerprint density at radius 1 is 1.17 bits per heavy atom. The molecule has 1 aromatic heterocycles. The highest BCUT2D eigenvalue weighted by molar-refractivity contribution is 5.68. The van der Waals surface area contributed by atoms with Crippen LogP contribution in [0.3, 0.4) is 0 Å². The standard InChI is InChI=1S/C19H23N3O2/c1-19(2,3)24-18(23)22-16(14-15-8-5-4-6-9-15)10-11-17-20-12-7-13-21-17/h4-13,16H,14H2,1-3H3,(H,22,23)/b11-10+/t16-/m1/s1. The summed E-state index contributed by atoms with van der Waals surface area (Å²) in [6, 6.07) is 11.5. The maximum atomic E-state index is 12.1. The number of carbonyl (C=O) groups excluding carboxylic acids is 1. The van der Waals surface area contributed by atoms with E-state index >= 15 is 0 Å². The van der Waals surface area contributed by atoms with Gasteiger partial charge in [0, 0.05) is 12.4 Å². The first-order valence-electron chi connectivity index (χ1n) is 7.91. The van der Waals surface area contributed by atoms with Crippen LogP contribution in [0.1, 0.15) is 32.2 Å². The molecule has 0 aliphatic rings. The van der Waals surface area contributed by atoms with Crippen LogP contribution in [0.25, 0.3) is 6.08 Å². The summed E-state index contributed by atoms with van der Waals surface area (Å²) < 4.78 is 5.34. The molecule has 1 N–H and O–H groups in total. The molecule has 0 saturated heterocycles. The molecule has 0 aliphatic heterocycles. The Morgan fingerprint density at radius 3 is 2.46 bits per heavy atom. The number of alkyl carbamates (subject to hydrolysis) is 1. The van der Waals surface area contributed by atoms with E-state index in [1.807, 2.05) is 57.2 Å². The quantitative estimate of drug-likeness (QED) is 0.912. The molecule has 0 bridgehead atoms. The Balaban J connectivity index is 2.09. The molecule has 1 amide bonds. The third kappa shape index (κ3) is 6.60. The van der Waals surface area contributed by atoms with Crippen molar-refractivity contribution in [2.45, 2.75) is 38.8 Å². The van der Waals surface area contributed by atoms with Gasteiger partial charge in [0.25, 0.3) is 0 Å². The van der Waals surface area contributed by atoms with E-state index in [9.17, 15) is 4.79 Å². The van der Waals surface area contributed by atoms with Gasteiger partial charge in [0.15, 0.2) is 5.82 Å². The minimum atomic E-state index is -0.534. The first-order valence-corrected chi connectivity index (χ1v) is 7.91. The first-order chi connectivity index (χ1) is 11.4. The number of aromatic nitrogens is 2. The molecule has 0 radical (unpaired) electrons. The van der Waals surface area contributed by atoms with Gasteiger partial charge in [0.05, 0.1) is 6.04 Å². The van der Waals surface area contributed by atoms with Crippen molar-refractivity contribution in [1.82, 2.24) is 15.3 Å². The van der Waals surface area contributed by atoms with Crippen LogP contribution >= 0.6 is 0 Å². The third-order valence-corrected chi connectivity index (χ3v) is 3.06. The molecular weight excluding hydrogens is 302 g/mol. The van der Waals surface area contributed by atoms with Crippen molar-refractivity contribution in [1.29, 1.82) is 0 Å². The van der Waals surface area contributed by atoms with E-state index in [1.54, 1.807) is 24.5 Å². The van der Waals surface area contributed by atoms with Crippen LogP contribution in [0.4, 0.5) is 4.79 Å². The molecule has 24 heavy (non-hydrogen) atoms. The van der Waals surface area contributed by atoms with Crippen LogP contribution in [0.15, 0.2) is 54.9 Å². The average Bonchev–Trinajstić information content (AvgIpc) is 2.53. The maximum Gasteiger partial charge on any atom is 0.408 e. The van der Waals surface area contributed by atoms with Gasteiger partial charge in [-0.25, -0.2) is 14.8 Å². The fourth-order valence-electron chi connectivity index (χ4n) is 2.09. The zero-order chi connectivity index (χ0) is 17.4. The lowest BCUT2D eigenvalue weighted by molar-refractivity contribution is 0.0514. The Labute approximate surface area is 142 Å². The third-order valence-electron chi connectivity index (χ3n) is 3.06. The number of benzene rings is 1. The molecule has 0 aliphatic carbocycles. The molecule has 5 nitrogen and oxygen atoms in total. The van der Waals surface area contributed by atoms with Crippen molar-refractivity contribution < 1.29 is 9.53 Å². The van der Waals surface area contributed by atoms with Crippen molar-refractivity contribution in [2.24, 2.45) is 0 Å². The predicted molar refractivity (Wildman–Crippen MR) is 94.4 cm³/mol. The summed E-state index contributed by atoms with van der Waals surface area (Å²) in [6.07, 6.45) is 7.25. The van der Waals surface area contributed by atoms with Gasteiger partial charge in [0.2, 0.25) is 0 Å². The molecule has 1 atom stereocenters. The van der Waals surface area contributed by atoms with Crippen LogP contribution in [-0.2, 0) is 11.2 Å². The molecular formula is C19H23N3O2. The van der Waals surface area contributed by atoms with Gasteiger partial charge in [-0.05, 0) is 44.9 Å². The lowest BCUT2D eigenvalue weighted by Gasteiger charge is -2.22. The van der Waals surface area contributed by atoms with Crippen molar-refractivity contribution >= 4 is 12.2 Å². The average molecular weight is 325 g/mol. The lowest BCUT2D eigenvalue weighted by Crippen LogP contribution is -2.39. The van der Waals surface area contributed by atoms with Gasteiger partial charge in [-0.3, -0.25) is 0 Å². The van der Waals surface area contributed by atoms with Crippen molar-refractivity contribution in [3.63, 3.8) is 0 Å². The van der Waals surface area contributed by atoms with Gasteiger partial charge in [-0.15, -0.1) is 0 Å². The van der Waals surface area contributed by atoms with Crippen LogP contribution in [0.5, 0.6) is 0 Å². The highest BCUT2D eigenvalue weighted by Gasteiger charge is 2.18. The first kappa shape index (κ1) is 17.7. The van der Waals surface area contributed by atoms with Crippen LogP contribution in [0.2, 0.25) is 0 Å². The molecule has 0 spiro atoms. The summed E-state index contributed by atoms with van der Waals surface area (Å²) in [6.45, 7) is 5.52. The van der Waals surface area contributed by atoms with E-state index in [0.717, 1.165) is 5.56 Å². The van der Waals surface area contributed by atoms with Crippen molar-refractivity contribution in [3.8, 4) is 0 Å². The van der Waals surface area contributed by atoms with Gasteiger partial charge < -0.3 is 10.1 Å². The number of hydrogen-bond donors (Lipinski definition) is 1. The smallest absolute Gasteiger partial charge is 0.408 e. The highest BCUT2D eigenvalue weighted by Crippen LogP contribution is 2.09. The Bertz CT molecular complexity index is 664. The molecule has 0 saturated carbocycles. The number of hydrogen-bond acceptors (Lipinski definition) is 4. The van der Waals surface area contributed by atoms with Gasteiger partial charge in [-0.2, -0.15) is 0 Å². The van der Waals surface area contributed by atoms with Crippen LogP contribution in [-0.4, -0.2) is 27.7 Å². The van der Waals surface area contributed by atoms with E-state index in [0.29, 0.717) is 12.2 Å². The normalized spacial score (nSPS) is 12.8. The van der Waals surface area contributed by atoms with Crippen molar-refractivity contribution in [2.75, 3.05) is 0 Å². The highest BCUT2D eigenvalue weighted by atomic mass is 16.6. The summed E-state index contributed by atoms with van der Waals surface area (Å²) >= 11 is 0. The molecule has 2 rings (SSSR count). The minimum absolute atomic E-state index is 0.217. The fraction of sp³-hybridized carbons (Fsp3) is 0.316. The Hall–Kier alpha value is -2.69. The second-order valence-corrected chi connectivity index (χ2v) is 6.41. The topological polar surface area (TPSA) is 64.1 Å². The van der Waals surface area contributed by atoms with E-state index in [-0.39, 0.29) is 6.04 Å². The molecule has 1 aromatic carbocycles. The number of nitrogens with one attached hydrogen (secondary N) is 1. The van der Waals surface area contributed by atoms with Crippen LogP contribution in [0, 0.1) is 0 Å². The molecule has 126 valence electrons. The summed E-state index contributed by atoms with van der Waals surface area (Å²) in [5.41, 5.74) is 0.588. The van der Waals surface area contributed by atoms with Gasteiger partial charge in [0.1, 0.15) is 5.60 Å². The lowest BCUT2D eigenvalue weighted by atomic mass is 10.1. The van der Waals surface area contributed by atoms with Gasteiger partial charge in [-0.1, -0.05) is 36.4 Å². The van der Waals surface area contributed by atoms with E-state index < -0.39 is 11.7 Å². The number of carbonyl (C=O) groups is 1. The second-order valence-electron chi connectivity index (χ2n) is 6.41. The summed E-state index contributed by atoms with van der Waals surface area (Å²) in [5.74, 6) is 0.599. The number of rotatable bonds is 5. The molecule has 0 fully saturated rings. The monoisotopic (exact) mass is 325 g/mol. The second kappa shape index (κ2) is 8.24. The summed E-state index contributed by atoms with van der Waals surface area (Å²) in [5, 5.41) is 2.89. The molecule has 1 heterocycles. The largest absolute Gasteiger partial charge is 0.444 e. The van der Waals surface area contributed by atoms with Crippen LogP contribution < -0.4 is 5.32 Å². The van der Waals surface area contributed by atoms with Gasteiger partial charge >= 0.3 is 6.09 Å². The molecule has 2 aromatic rings. The number of nitrogens with zero attached hydrogens (tertiary/aromatic N) is 2. The van der Waals surface area contributed by atoms with E-state index in [1.165, 1.54) is 0 Å². The SMILES string of the molecule is CC(C)(C)OC(=O)N[C@H](/C=C/c1ncccn1)Cc1ccccc1. The number of ether oxygens (including phenoxy) is 1. The fourth-order valence-corrected chi connectivity index (χ4v) is 2.09. The van der Waals surface area contributed by atoms with Crippen molar-refractivity contribution in [3.05, 3.63) is 66.3 Å². The predicted octanol–water partition coefficient (Wildman–Crippen LogP) is 3.63. The summed E-state index contributed by atoms with van der Waals surface area (Å²) in [4.78, 5) is 20.4.